The Morgan fingerprint density at radius 1 is 1.17 bits per heavy atom. The van der Waals surface area contributed by atoms with E-state index in [4.69, 9.17) is 9.47 Å². The highest BCUT2D eigenvalue weighted by atomic mass is 32.2. The SMILES string of the molecule is COc1ccc([C@@H](CNC(=O)c2ccccc2SC[C@@]2(C)NC(=O)NC2=O)N2CCOCC2)cc1. The molecule has 2 aliphatic heterocycles. The van der Waals surface area contributed by atoms with Gasteiger partial charge in [0.1, 0.15) is 11.3 Å². The molecule has 186 valence electrons. The van der Waals surface area contributed by atoms with E-state index in [2.05, 4.69) is 20.9 Å². The van der Waals surface area contributed by atoms with Crippen molar-refractivity contribution in [2.75, 3.05) is 45.7 Å². The van der Waals surface area contributed by atoms with Gasteiger partial charge in [-0.25, -0.2) is 4.79 Å². The first-order valence-corrected chi connectivity index (χ1v) is 12.5. The number of carbonyl (C=O) groups excluding carboxylic acids is 3. The van der Waals surface area contributed by atoms with Crippen LogP contribution >= 0.6 is 11.8 Å². The number of hydrogen-bond donors (Lipinski definition) is 3. The van der Waals surface area contributed by atoms with Crippen LogP contribution in [-0.4, -0.2) is 74.0 Å². The minimum atomic E-state index is -1.03. The van der Waals surface area contributed by atoms with Gasteiger partial charge >= 0.3 is 6.03 Å². The number of carbonyl (C=O) groups is 3. The van der Waals surface area contributed by atoms with Gasteiger partial charge in [-0.1, -0.05) is 24.3 Å². The summed E-state index contributed by atoms with van der Waals surface area (Å²) in [6, 6.07) is 14.7. The number of benzene rings is 2. The molecule has 0 saturated carbocycles. The second-order valence-corrected chi connectivity index (χ2v) is 9.69. The molecule has 0 radical (unpaired) electrons. The first-order valence-electron chi connectivity index (χ1n) is 11.5. The number of hydrogen-bond acceptors (Lipinski definition) is 7. The van der Waals surface area contributed by atoms with E-state index in [1.165, 1.54) is 11.8 Å². The lowest BCUT2D eigenvalue weighted by atomic mass is 10.0. The Kier molecular flexibility index (Phi) is 7.94. The zero-order chi connectivity index (χ0) is 24.8. The van der Waals surface area contributed by atoms with Gasteiger partial charge in [-0.2, -0.15) is 0 Å². The van der Waals surface area contributed by atoms with E-state index in [0.29, 0.717) is 31.1 Å². The Bertz CT molecular complexity index is 1070. The topological polar surface area (TPSA) is 109 Å². The number of rotatable bonds is 9. The largest absolute Gasteiger partial charge is 0.497 e. The van der Waals surface area contributed by atoms with E-state index in [1.54, 1.807) is 20.1 Å². The minimum Gasteiger partial charge on any atom is -0.497 e. The van der Waals surface area contributed by atoms with Crippen LogP contribution in [-0.2, 0) is 9.53 Å². The van der Waals surface area contributed by atoms with Gasteiger partial charge < -0.3 is 20.1 Å². The summed E-state index contributed by atoms with van der Waals surface area (Å²) in [5.41, 5.74) is 0.592. The number of amides is 4. The lowest BCUT2D eigenvalue weighted by molar-refractivity contribution is -0.122. The van der Waals surface area contributed by atoms with Crippen molar-refractivity contribution in [1.82, 2.24) is 20.9 Å². The maximum absolute atomic E-state index is 13.2. The standard InChI is InChI=1S/C25H30N4O5S/c1-25(23(31)27-24(32)28-25)16-35-21-6-4-3-5-19(21)22(30)26-15-20(29-11-13-34-14-12-29)17-7-9-18(33-2)10-8-17/h3-10,20H,11-16H2,1-2H3,(H,26,30)(H2,27,28,31,32)/t20-,25-/m1/s1. The van der Waals surface area contributed by atoms with Gasteiger partial charge in [0.05, 0.1) is 31.9 Å². The summed E-state index contributed by atoms with van der Waals surface area (Å²) in [7, 11) is 1.64. The number of morpholine rings is 1. The summed E-state index contributed by atoms with van der Waals surface area (Å²) >= 11 is 1.36. The van der Waals surface area contributed by atoms with E-state index < -0.39 is 11.6 Å². The van der Waals surface area contributed by atoms with E-state index in [9.17, 15) is 14.4 Å². The fourth-order valence-corrected chi connectivity index (χ4v) is 5.28. The van der Waals surface area contributed by atoms with Crippen molar-refractivity contribution in [2.45, 2.75) is 23.4 Å². The maximum atomic E-state index is 13.2. The molecule has 0 bridgehead atoms. The number of nitrogens with one attached hydrogen (secondary N) is 3. The maximum Gasteiger partial charge on any atom is 0.322 e. The average Bonchev–Trinajstić information content (AvgIpc) is 3.15. The van der Waals surface area contributed by atoms with Crippen molar-refractivity contribution in [3.63, 3.8) is 0 Å². The lowest BCUT2D eigenvalue weighted by Gasteiger charge is -2.35. The van der Waals surface area contributed by atoms with Crippen LogP contribution in [0.3, 0.4) is 0 Å². The van der Waals surface area contributed by atoms with Gasteiger partial charge in [0.2, 0.25) is 0 Å². The van der Waals surface area contributed by atoms with Crippen LogP contribution in [0.5, 0.6) is 5.75 Å². The summed E-state index contributed by atoms with van der Waals surface area (Å²) in [5, 5.41) is 8.02. The van der Waals surface area contributed by atoms with Crippen LogP contribution in [0.15, 0.2) is 53.4 Å². The molecule has 10 heteroatoms. The summed E-state index contributed by atoms with van der Waals surface area (Å²) in [6.07, 6.45) is 0. The quantitative estimate of drug-likeness (QED) is 0.359. The second-order valence-electron chi connectivity index (χ2n) is 8.67. The smallest absolute Gasteiger partial charge is 0.322 e. The molecular formula is C25H30N4O5S. The van der Waals surface area contributed by atoms with Crippen LogP contribution in [0.2, 0.25) is 0 Å². The minimum absolute atomic E-state index is 0.00937. The highest BCUT2D eigenvalue weighted by Crippen LogP contribution is 2.28. The third-order valence-corrected chi connectivity index (χ3v) is 7.60. The Morgan fingerprint density at radius 2 is 1.89 bits per heavy atom. The van der Waals surface area contributed by atoms with Crippen molar-refractivity contribution >= 4 is 29.6 Å². The van der Waals surface area contributed by atoms with Crippen molar-refractivity contribution in [2.24, 2.45) is 0 Å². The average molecular weight is 499 g/mol. The number of methoxy groups -OCH3 is 1. The first kappa shape index (κ1) is 25.0. The van der Waals surface area contributed by atoms with Gasteiger partial charge in [-0.3, -0.25) is 19.8 Å². The van der Waals surface area contributed by atoms with E-state index in [0.717, 1.165) is 29.3 Å². The molecule has 2 aromatic rings. The molecule has 4 rings (SSSR count). The van der Waals surface area contributed by atoms with Crippen LogP contribution in [0.1, 0.15) is 28.9 Å². The van der Waals surface area contributed by atoms with Gasteiger partial charge in [0, 0.05) is 30.3 Å². The lowest BCUT2D eigenvalue weighted by Crippen LogP contribution is -2.46. The highest BCUT2D eigenvalue weighted by Gasteiger charge is 2.42. The zero-order valence-corrected chi connectivity index (χ0v) is 20.7. The summed E-state index contributed by atoms with van der Waals surface area (Å²) in [6.45, 7) is 4.98. The van der Waals surface area contributed by atoms with Gasteiger partial charge in [-0.05, 0) is 36.8 Å². The molecule has 3 N–H and O–H groups in total. The van der Waals surface area contributed by atoms with Gasteiger partial charge in [0.25, 0.3) is 11.8 Å². The molecule has 2 atom stereocenters. The normalized spacial score (nSPS) is 21.2. The molecule has 2 saturated heterocycles. The molecule has 0 unspecified atom stereocenters. The summed E-state index contributed by atoms with van der Waals surface area (Å²) in [5.74, 6) is 0.525. The predicted octanol–water partition coefficient (Wildman–Crippen LogP) is 2.19. The molecule has 2 aromatic carbocycles. The monoisotopic (exact) mass is 498 g/mol. The summed E-state index contributed by atoms with van der Waals surface area (Å²) in [4.78, 5) is 40.0. The van der Waals surface area contributed by atoms with Crippen LogP contribution in [0.25, 0.3) is 0 Å². The fourth-order valence-electron chi connectivity index (χ4n) is 4.14. The highest BCUT2D eigenvalue weighted by molar-refractivity contribution is 7.99. The van der Waals surface area contributed by atoms with Crippen LogP contribution in [0, 0.1) is 0 Å². The number of imide groups is 1. The Balaban J connectivity index is 1.45. The molecule has 0 spiro atoms. The van der Waals surface area contributed by atoms with Crippen molar-refractivity contribution in [3.05, 3.63) is 59.7 Å². The number of nitrogens with zero attached hydrogens (tertiary/aromatic N) is 1. The van der Waals surface area contributed by atoms with Crippen molar-refractivity contribution < 1.29 is 23.9 Å². The molecule has 9 nitrogen and oxygen atoms in total. The molecule has 4 amide bonds. The zero-order valence-electron chi connectivity index (χ0n) is 19.8. The molecule has 2 fully saturated rings. The number of urea groups is 1. The summed E-state index contributed by atoms with van der Waals surface area (Å²) < 4.78 is 10.8. The Morgan fingerprint density at radius 3 is 2.54 bits per heavy atom. The van der Waals surface area contributed by atoms with Gasteiger partial charge in [0.15, 0.2) is 0 Å². The second kappa shape index (κ2) is 11.1. The molecule has 2 heterocycles. The number of thioether (sulfide) groups is 1. The molecule has 2 aliphatic rings. The third kappa shape index (κ3) is 5.95. The van der Waals surface area contributed by atoms with Crippen molar-refractivity contribution in [1.29, 1.82) is 0 Å². The molecule has 0 aromatic heterocycles. The molecule has 35 heavy (non-hydrogen) atoms. The third-order valence-electron chi connectivity index (χ3n) is 6.21. The van der Waals surface area contributed by atoms with Crippen LogP contribution < -0.4 is 20.7 Å². The first-order chi connectivity index (χ1) is 16.9. The molecule has 0 aliphatic carbocycles. The Hall–Kier alpha value is -3.08. The van der Waals surface area contributed by atoms with Crippen molar-refractivity contribution in [3.8, 4) is 5.75 Å². The Labute approximate surface area is 208 Å². The van der Waals surface area contributed by atoms with E-state index >= 15 is 0 Å². The van der Waals surface area contributed by atoms with E-state index in [-0.39, 0.29) is 17.9 Å². The predicted molar refractivity (Wildman–Crippen MR) is 133 cm³/mol. The van der Waals surface area contributed by atoms with Gasteiger partial charge in [-0.15, -0.1) is 11.8 Å². The van der Waals surface area contributed by atoms with E-state index in [1.807, 2.05) is 42.5 Å². The number of ether oxygens (including phenoxy) is 2. The van der Waals surface area contributed by atoms with Crippen LogP contribution in [0.4, 0.5) is 4.79 Å². The molecular weight excluding hydrogens is 468 g/mol. The fraction of sp³-hybridized carbons (Fsp3) is 0.400.